The molecular weight excluding hydrogens is 245 g/mol. The van der Waals surface area contributed by atoms with E-state index in [-0.39, 0.29) is 17.8 Å². The Labute approximate surface area is 113 Å². The van der Waals surface area contributed by atoms with Gasteiger partial charge in [0.15, 0.2) is 0 Å². The molecular formula is C15H22FNO2. The minimum atomic E-state index is -0.888. The van der Waals surface area contributed by atoms with Crippen LogP contribution in [0, 0.1) is 11.2 Å². The van der Waals surface area contributed by atoms with Crippen LogP contribution in [0.3, 0.4) is 0 Å². The molecule has 0 amide bonds. The lowest BCUT2D eigenvalue weighted by molar-refractivity contribution is -0.139. The van der Waals surface area contributed by atoms with Crippen molar-refractivity contribution in [2.45, 2.75) is 46.2 Å². The maximum Gasteiger partial charge on any atom is 0.320 e. The van der Waals surface area contributed by atoms with E-state index in [4.69, 9.17) is 5.11 Å². The molecule has 19 heavy (non-hydrogen) atoms. The first kappa shape index (κ1) is 15.6. The molecule has 1 rings (SSSR count). The smallest absolute Gasteiger partial charge is 0.320 e. The number of hydrogen-bond donors (Lipinski definition) is 2. The van der Waals surface area contributed by atoms with Crippen molar-refractivity contribution >= 4 is 5.97 Å². The number of aliphatic carboxylic acids is 1. The predicted octanol–water partition coefficient (Wildman–Crippen LogP) is 3.19. The van der Waals surface area contributed by atoms with Gasteiger partial charge in [0.25, 0.3) is 0 Å². The van der Waals surface area contributed by atoms with Gasteiger partial charge in [0.05, 0.1) is 0 Å². The van der Waals surface area contributed by atoms with Gasteiger partial charge in [-0.2, -0.15) is 0 Å². The molecule has 1 aromatic carbocycles. The molecule has 4 heteroatoms. The summed E-state index contributed by atoms with van der Waals surface area (Å²) in [7, 11) is 0. The van der Waals surface area contributed by atoms with Crippen molar-refractivity contribution in [3.63, 3.8) is 0 Å². The molecule has 1 unspecified atom stereocenters. The molecule has 0 heterocycles. The molecule has 106 valence electrons. The topological polar surface area (TPSA) is 49.3 Å². The molecule has 0 radical (unpaired) electrons. The molecule has 0 aromatic heterocycles. The minimum absolute atomic E-state index is 0.0907. The van der Waals surface area contributed by atoms with E-state index in [2.05, 4.69) is 26.1 Å². The zero-order valence-electron chi connectivity index (χ0n) is 11.7. The van der Waals surface area contributed by atoms with Gasteiger partial charge in [0.2, 0.25) is 0 Å². The van der Waals surface area contributed by atoms with Crippen LogP contribution in [-0.2, 0) is 11.3 Å². The average Bonchev–Trinajstić information content (AvgIpc) is 2.29. The fourth-order valence-electron chi connectivity index (χ4n) is 1.77. The van der Waals surface area contributed by atoms with Gasteiger partial charge in [0.1, 0.15) is 11.9 Å². The van der Waals surface area contributed by atoms with Gasteiger partial charge < -0.3 is 10.4 Å². The third-order valence-corrected chi connectivity index (χ3v) is 2.98. The minimum Gasteiger partial charge on any atom is -0.480 e. The lowest BCUT2D eigenvalue weighted by atomic mass is 9.88. The summed E-state index contributed by atoms with van der Waals surface area (Å²) in [4.78, 5) is 11.2. The summed E-state index contributed by atoms with van der Waals surface area (Å²) in [6.45, 7) is 6.45. The predicted molar refractivity (Wildman–Crippen MR) is 73.4 cm³/mol. The van der Waals surface area contributed by atoms with Crippen molar-refractivity contribution in [2.24, 2.45) is 5.41 Å². The Morgan fingerprint density at radius 1 is 1.37 bits per heavy atom. The number of nitrogens with one attached hydrogen (secondary N) is 1. The van der Waals surface area contributed by atoms with Crippen LogP contribution in [0.2, 0.25) is 0 Å². The first-order valence-corrected chi connectivity index (χ1v) is 6.49. The van der Waals surface area contributed by atoms with Gasteiger partial charge in [-0.25, -0.2) is 4.39 Å². The van der Waals surface area contributed by atoms with Gasteiger partial charge in [-0.05, 0) is 24.3 Å². The van der Waals surface area contributed by atoms with Crippen LogP contribution in [0.25, 0.3) is 0 Å². The van der Waals surface area contributed by atoms with E-state index in [9.17, 15) is 9.18 Å². The maximum atomic E-state index is 13.4. The maximum absolute atomic E-state index is 13.4. The Bertz CT molecular complexity index is 426. The highest BCUT2D eigenvalue weighted by Gasteiger charge is 2.20. The standard InChI is InChI=1S/C15H22FNO2/c1-15(2,3)9-8-13(14(18)19)17-10-11-6-4-5-7-12(11)16/h4-7,13,17H,8-10H2,1-3H3,(H,18,19). The largest absolute Gasteiger partial charge is 0.480 e. The Morgan fingerprint density at radius 2 is 2.00 bits per heavy atom. The SMILES string of the molecule is CC(C)(C)CCC(NCc1ccccc1F)C(=O)O. The van der Waals surface area contributed by atoms with E-state index >= 15 is 0 Å². The lowest BCUT2D eigenvalue weighted by Gasteiger charge is -2.21. The average molecular weight is 267 g/mol. The normalized spacial score (nSPS) is 13.3. The third kappa shape index (κ3) is 5.83. The number of benzene rings is 1. The Hall–Kier alpha value is -1.42. The quantitative estimate of drug-likeness (QED) is 0.832. The van der Waals surface area contributed by atoms with Gasteiger partial charge in [-0.1, -0.05) is 39.0 Å². The molecule has 0 saturated heterocycles. The fourth-order valence-corrected chi connectivity index (χ4v) is 1.77. The summed E-state index contributed by atoms with van der Waals surface area (Å²) in [5.41, 5.74) is 0.581. The monoisotopic (exact) mass is 267 g/mol. The molecule has 0 aliphatic rings. The highest BCUT2D eigenvalue weighted by Crippen LogP contribution is 2.21. The first-order valence-electron chi connectivity index (χ1n) is 6.49. The van der Waals surface area contributed by atoms with Crippen molar-refractivity contribution in [3.8, 4) is 0 Å². The Balaban J connectivity index is 2.55. The van der Waals surface area contributed by atoms with E-state index in [0.717, 1.165) is 6.42 Å². The van der Waals surface area contributed by atoms with Crippen molar-refractivity contribution in [3.05, 3.63) is 35.6 Å². The number of halogens is 1. The molecule has 0 bridgehead atoms. The van der Waals surface area contributed by atoms with E-state index in [1.165, 1.54) is 6.07 Å². The molecule has 0 saturated carbocycles. The highest BCUT2D eigenvalue weighted by atomic mass is 19.1. The van der Waals surface area contributed by atoms with Crippen LogP contribution in [0.15, 0.2) is 24.3 Å². The Morgan fingerprint density at radius 3 is 2.53 bits per heavy atom. The zero-order valence-corrected chi connectivity index (χ0v) is 11.7. The molecule has 1 aromatic rings. The van der Waals surface area contributed by atoms with Crippen molar-refractivity contribution in [2.75, 3.05) is 0 Å². The van der Waals surface area contributed by atoms with Crippen LogP contribution >= 0.6 is 0 Å². The summed E-state index contributed by atoms with van der Waals surface area (Å²) in [6, 6.07) is 5.75. The summed E-state index contributed by atoms with van der Waals surface area (Å²) in [5, 5.41) is 12.1. The van der Waals surface area contributed by atoms with Crippen molar-refractivity contribution in [1.29, 1.82) is 0 Å². The second-order valence-electron chi connectivity index (χ2n) is 5.96. The van der Waals surface area contributed by atoms with Crippen LogP contribution in [0.1, 0.15) is 39.2 Å². The second kappa shape index (κ2) is 6.66. The molecule has 0 fully saturated rings. The number of carboxylic acid groups (broad SMARTS) is 1. The van der Waals surface area contributed by atoms with E-state index in [1.807, 2.05) is 0 Å². The van der Waals surface area contributed by atoms with Crippen LogP contribution in [0.4, 0.5) is 4.39 Å². The van der Waals surface area contributed by atoms with E-state index < -0.39 is 12.0 Å². The molecule has 1 atom stereocenters. The van der Waals surface area contributed by atoms with Gasteiger partial charge >= 0.3 is 5.97 Å². The number of rotatable bonds is 6. The molecule has 2 N–H and O–H groups in total. The molecule has 0 aliphatic heterocycles. The van der Waals surface area contributed by atoms with Gasteiger partial charge in [-0.15, -0.1) is 0 Å². The summed E-state index contributed by atoms with van der Waals surface area (Å²) in [6.07, 6.45) is 1.33. The number of hydrogen-bond acceptors (Lipinski definition) is 2. The number of carbonyl (C=O) groups is 1. The molecule has 0 spiro atoms. The van der Waals surface area contributed by atoms with Crippen LogP contribution in [0.5, 0.6) is 0 Å². The van der Waals surface area contributed by atoms with Crippen molar-refractivity contribution in [1.82, 2.24) is 5.32 Å². The summed E-state index contributed by atoms with van der Waals surface area (Å²) >= 11 is 0. The van der Waals surface area contributed by atoms with Gasteiger partial charge in [-0.3, -0.25) is 4.79 Å². The fraction of sp³-hybridized carbons (Fsp3) is 0.533. The summed E-state index contributed by atoms with van der Waals surface area (Å²) < 4.78 is 13.4. The highest BCUT2D eigenvalue weighted by molar-refractivity contribution is 5.73. The third-order valence-electron chi connectivity index (χ3n) is 2.98. The molecule has 0 aliphatic carbocycles. The second-order valence-corrected chi connectivity index (χ2v) is 5.96. The van der Waals surface area contributed by atoms with E-state index in [1.54, 1.807) is 18.2 Å². The first-order chi connectivity index (χ1) is 8.79. The van der Waals surface area contributed by atoms with E-state index in [0.29, 0.717) is 12.0 Å². The summed E-state index contributed by atoms with van der Waals surface area (Å²) in [5.74, 6) is -1.20. The van der Waals surface area contributed by atoms with Crippen LogP contribution in [-0.4, -0.2) is 17.1 Å². The van der Waals surface area contributed by atoms with Gasteiger partial charge in [0, 0.05) is 12.1 Å². The molecule has 3 nitrogen and oxygen atoms in total. The van der Waals surface area contributed by atoms with Crippen molar-refractivity contribution < 1.29 is 14.3 Å². The number of carboxylic acids is 1. The Kier molecular flexibility index (Phi) is 5.48. The van der Waals surface area contributed by atoms with Crippen LogP contribution < -0.4 is 5.32 Å². The zero-order chi connectivity index (χ0) is 14.5. The lowest BCUT2D eigenvalue weighted by Crippen LogP contribution is -2.37.